The van der Waals surface area contributed by atoms with Crippen LogP contribution in [0.2, 0.25) is 0 Å². The minimum Gasteiger partial charge on any atom is -0.462 e. The van der Waals surface area contributed by atoms with Crippen LogP contribution in [0.15, 0.2) is 36.5 Å². The summed E-state index contributed by atoms with van der Waals surface area (Å²) in [5.74, 6) is -0.0807. The zero-order chi connectivity index (χ0) is 17.4. The quantitative estimate of drug-likeness (QED) is 0.616. The molecule has 126 valence electrons. The molecule has 0 atom stereocenters. The molecule has 0 amide bonds. The predicted molar refractivity (Wildman–Crippen MR) is 97.1 cm³/mol. The van der Waals surface area contributed by atoms with E-state index in [1.54, 1.807) is 13.8 Å². The average Bonchev–Trinajstić information content (AvgIpc) is 2.56. The second-order valence-electron chi connectivity index (χ2n) is 5.03. The second-order valence-corrected chi connectivity index (χ2v) is 5.44. The highest BCUT2D eigenvalue weighted by Gasteiger charge is 2.13. The second kappa shape index (κ2) is 8.93. The molecule has 0 unspecified atom stereocenters. The fraction of sp³-hybridized carbons (Fsp3) is 0.294. The van der Waals surface area contributed by atoms with E-state index in [9.17, 15) is 4.79 Å². The van der Waals surface area contributed by atoms with Gasteiger partial charge < -0.3 is 15.4 Å². The summed E-state index contributed by atoms with van der Waals surface area (Å²) in [6, 6.07) is 10.1. The number of nitrogens with one attached hydrogen (secondary N) is 2. The van der Waals surface area contributed by atoms with E-state index in [-0.39, 0.29) is 0 Å². The Morgan fingerprint density at radius 2 is 2.04 bits per heavy atom. The smallest absolute Gasteiger partial charge is 0.341 e. The molecule has 0 saturated heterocycles. The summed E-state index contributed by atoms with van der Waals surface area (Å²) in [6.07, 6.45) is 2.31. The van der Waals surface area contributed by atoms with Crippen molar-refractivity contribution >= 4 is 29.2 Å². The van der Waals surface area contributed by atoms with E-state index in [0.29, 0.717) is 35.5 Å². The molecule has 0 aliphatic carbocycles. The van der Waals surface area contributed by atoms with Gasteiger partial charge in [-0.2, -0.15) is 0 Å². The van der Waals surface area contributed by atoms with Crippen LogP contribution in [0.4, 0.5) is 5.95 Å². The summed E-state index contributed by atoms with van der Waals surface area (Å²) in [4.78, 5) is 20.0. The third-order valence-corrected chi connectivity index (χ3v) is 3.49. The number of anilines is 1. The number of hydrogen-bond acceptors (Lipinski definition) is 5. The highest BCUT2D eigenvalue weighted by atomic mass is 32.1. The molecule has 2 rings (SSSR count). The van der Waals surface area contributed by atoms with Crippen LogP contribution in [0.3, 0.4) is 0 Å². The Hall–Kier alpha value is -2.54. The third-order valence-electron chi connectivity index (χ3n) is 3.24. The van der Waals surface area contributed by atoms with Crippen LogP contribution in [-0.2, 0) is 11.2 Å². The SMILES string of the molecule is CCOC(=O)c1cnc(NC(=S)NCCc2ccccc2)nc1C. The lowest BCUT2D eigenvalue weighted by molar-refractivity contribution is 0.0524. The minimum absolute atomic E-state index is 0.313. The molecule has 24 heavy (non-hydrogen) atoms. The Morgan fingerprint density at radius 1 is 1.29 bits per heavy atom. The number of ether oxygens (including phenoxy) is 1. The van der Waals surface area contributed by atoms with E-state index in [2.05, 4.69) is 32.7 Å². The van der Waals surface area contributed by atoms with Gasteiger partial charge in [0.2, 0.25) is 5.95 Å². The van der Waals surface area contributed by atoms with Crippen molar-refractivity contribution in [1.29, 1.82) is 0 Å². The molecule has 0 bridgehead atoms. The van der Waals surface area contributed by atoms with Crippen LogP contribution in [0.5, 0.6) is 0 Å². The molecule has 0 aliphatic rings. The van der Waals surface area contributed by atoms with Crippen LogP contribution in [0.1, 0.15) is 28.5 Å². The monoisotopic (exact) mass is 344 g/mol. The van der Waals surface area contributed by atoms with Crippen LogP contribution >= 0.6 is 12.2 Å². The summed E-state index contributed by atoms with van der Waals surface area (Å²) in [5, 5.41) is 6.46. The number of esters is 1. The van der Waals surface area contributed by atoms with Crippen molar-refractivity contribution in [2.24, 2.45) is 0 Å². The van der Waals surface area contributed by atoms with E-state index in [4.69, 9.17) is 17.0 Å². The molecule has 6 nitrogen and oxygen atoms in total. The molecular weight excluding hydrogens is 324 g/mol. The molecule has 0 fully saturated rings. The minimum atomic E-state index is -0.426. The van der Waals surface area contributed by atoms with Gasteiger partial charge in [0.1, 0.15) is 0 Å². The van der Waals surface area contributed by atoms with Gasteiger partial charge in [-0.05, 0) is 38.0 Å². The van der Waals surface area contributed by atoms with E-state index >= 15 is 0 Å². The number of carbonyl (C=O) groups excluding carboxylic acids is 1. The van der Waals surface area contributed by atoms with E-state index in [0.717, 1.165) is 6.42 Å². The summed E-state index contributed by atoms with van der Waals surface area (Å²) < 4.78 is 4.95. The van der Waals surface area contributed by atoms with Crippen molar-refractivity contribution < 1.29 is 9.53 Å². The standard InChI is InChI=1S/C17H20N4O2S/c1-3-23-15(22)14-11-19-16(20-12(14)2)21-17(24)18-10-9-13-7-5-4-6-8-13/h4-8,11H,3,9-10H2,1-2H3,(H2,18,19,20,21,24). The normalized spacial score (nSPS) is 10.1. The van der Waals surface area contributed by atoms with E-state index < -0.39 is 5.97 Å². The van der Waals surface area contributed by atoms with Gasteiger partial charge >= 0.3 is 5.97 Å². The van der Waals surface area contributed by atoms with Crippen molar-refractivity contribution in [3.05, 3.63) is 53.3 Å². The van der Waals surface area contributed by atoms with Crippen molar-refractivity contribution in [2.75, 3.05) is 18.5 Å². The number of thiocarbonyl (C=S) groups is 1. The first-order valence-corrected chi connectivity index (χ1v) is 8.10. The van der Waals surface area contributed by atoms with Crippen molar-refractivity contribution in [3.63, 3.8) is 0 Å². The van der Waals surface area contributed by atoms with Gasteiger partial charge in [-0.3, -0.25) is 0 Å². The molecule has 2 N–H and O–H groups in total. The highest BCUT2D eigenvalue weighted by Crippen LogP contribution is 2.08. The number of carbonyl (C=O) groups is 1. The zero-order valence-electron chi connectivity index (χ0n) is 13.7. The number of aromatic nitrogens is 2. The van der Waals surface area contributed by atoms with E-state index in [1.165, 1.54) is 11.8 Å². The van der Waals surface area contributed by atoms with Gasteiger partial charge in [0.05, 0.1) is 17.9 Å². The lowest BCUT2D eigenvalue weighted by atomic mass is 10.1. The Morgan fingerprint density at radius 3 is 2.71 bits per heavy atom. The maximum atomic E-state index is 11.7. The molecule has 0 radical (unpaired) electrons. The fourth-order valence-corrected chi connectivity index (χ4v) is 2.24. The molecule has 1 heterocycles. The Balaban J connectivity index is 1.85. The number of aryl methyl sites for hydroxylation is 1. The van der Waals surface area contributed by atoms with Crippen molar-refractivity contribution in [3.8, 4) is 0 Å². The topological polar surface area (TPSA) is 76.1 Å². The molecule has 7 heteroatoms. The first kappa shape index (κ1) is 17.8. The van der Waals surface area contributed by atoms with Crippen LogP contribution in [0, 0.1) is 6.92 Å². The van der Waals surface area contributed by atoms with Gasteiger partial charge in [0.15, 0.2) is 5.11 Å². The Kier molecular flexibility index (Phi) is 6.62. The molecule has 2 aromatic rings. The van der Waals surface area contributed by atoms with Crippen LogP contribution in [0.25, 0.3) is 0 Å². The van der Waals surface area contributed by atoms with Gasteiger partial charge in [-0.1, -0.05) is 30.3 Å². The lowest BCUT2D eigenvalue weighted by Crippen LogP contribution is -2.31. The number of benzene rings is 1. The van der Waals surface area contributed by atoms with Crippen molar-refractivity contribution in [2.45, 2.75) is 20.3 Å². The number of rotatable bonds is 6. The van der Waals surface area contributed by atoms with E-state index in [1.807, 2.05) is 18.2 Å². The Bertz CT molecular complexity index is 707. The van der Waals surface area contributed by atoms with Crippen LogP contribution in [-0.4, -0.2) is 34.2 Å². The maximum absolute atomic E-state index is 11.7. The first-order valence-electron chi connectivity index (χ1n) is 7.69. The van der Waals surface area contributed by atoms with Gasteiger partial charge in [0.25, 0.3) is 0 Å². The summed E-state index contributed by atoms with van der Waals surface area (Å²) in [6.45, 7) is 4.50. The molecule has 0 aliphatic heterocycles. The highest BCUT2D eigenvalue weighted by molar-refractivity contribution is 7.80. The van der Waals surface area contributed by atoms with Gasteiger partial charge in [-0.25, -0.2) is 14.8 Å². The largest absolute Gasteiger partial charge is 0.462 e. The van der Waals surface area contributed by atoms with Gasteiger partial charge in [0, 0.05) is 12.7 Å². The zero-order valence-corrected chi connectivity index (χ0v) is 14.5. The summed E-state index contributed by atoms with van der Waals surface area (Å²) in [7, 11) is 0. The molecular formula is C17H20N4O2S. The number of hydrogen-bond donors (Lipinski definition) is 2. The average molecular weight is 344 g/mol. The third kappa shape index (κ3) is 5.27. The Labute approximate surface area is 146 Å². The lowest BCUT2D eigenvalue weighted by Gasteiger charge is -2.10. The molecule has 0 spiro atoms. The predicted octanol–water partition coefficient (Wildman–Crippen LogP) is 2.49. The fourth-order valence-electron chi connectivity index (χ4n) is 2.05. The summed E-state index contributed by atoms with van der Waals surface area (Å²) >= 11 is 5.23. The number of nitrogens with zero attached hydrogens (tertiary/aromatic N) is 2. The molecule has 1 aromatic heterocycles. The maximum Gasteiger partial charge on any atom is 0.341 e. The first-order chi connectivity index (χ1) is 11.6. The van der Waals surface area contributed by atoms with Crippen LogP contribution < -0.4 is 10.6 Å². The van der Waals surface area contributed by atoms with Crippen molar-refractivity contribution in [1.82, 2.24) is 15.3 Å². The molecule has 1 aromatic carbocycles. The van der Waals surface area contributed by atoms with Gasteiger partial charge in [-0.15, -0.1) is 0 Å². The molecule has 0 saturated carbocycles. The summed E-state index contributed by atoms with van der Waals surface area (Å²) in [5.41, 5.74) is 2.13.